The van der Waals surface area contributed by atoms with E-state index in [1.54, 1.807) is 24.3 Å². The Kier molecular flexibility index (Phi) is 7.39. The van der Waals surface area contributed by atoms with Crippen LogP contribution in [0, 0.1) is 0 Å². The molecular weight excluding hydrogens is 306 g/mol. The van der Waals surface area contributed by atoms with Crippen molar-refractivity contribution in [1.82, 2.24) is 0 Å². The Balaban J connectivity index is 1.62. The normalized spacial score (nSPS) is 13.8. The minimum atomic E-state index is -0.660. The van der Waals surface area contributed by atoms with Gasteiger partial charge in [-0.25, -0.2) is 14.5 Å². The van der Waals surface area contributed by atoms with Gasteiger partial charge in [0.2, 0.25) is 0 Å². The number of imide groups is 1. The van der Waals surface area contributed by atoms with Gasteiger partial charge in [-0.1, -0.05) is 62.1 Å². The molecule has 1 aromatic carbocycles. The van der Waals surface area contributed by atoms with Crippen LogP contribution in [0.2, 0.25) is 0 Å². The smallest absolute Gasteiger partial charge is 0.375 e. The van der Waals surface area contributed by atoms with Crippen LogP contribution < -0.4 is 9.64 Å². The molecule has 0 saturated carbocycles. The highest BCUT2D eigenvalue weighted by Crippen LogP contribution is 2.23. The molecule has 6 heteroatoms. The van der Waals surface area contributed by atoms with Crippen LogP contribution in [0.15, 0.2) is 34.5 Å². The Morgan fingerprint density at radius 1 is 0.833 bits per heavy atom. The minimum Gasteiger partial charge on any atom is -0.494 e. The first-order valence-electron chi connectivity index (χ1n) is 8.75. The molecule has 0 bridgehead atoms. The average molecular weight is 331 g/mol. The van der Waals surface area contributed by atoms with E-state index in [0.717, 1.165) is 17.1 Å². The molecule has 0 atom stereocenters. The van der Waals surface area contributed by atoms with Crippen molar-refractivity contribution in [3.05, 3.63) is 24.3 Å². The van der Waals surface area contributed by atoms with Gasteiger partial charge in [0.1, 0.15) is 5.75 Å². The molecule has 0 N–H and O–H groups in total. The zero-order valence-corrected chi connectivity index (χ0v) is 14.2. The van der Waals surface area contributed by atoms with Crippen LogP contribution in [0.1, 0.15) is 58.3 Å². The maximum atomic E-state index is 11.4. The summed E-state index contributed by atoms with van der Waals surface area (Å²) in [5.74, 6) is 0.731. The van der Waals surface area contributed by atoms with E-state index >= 15 is 0 Å². The van der Waals surface area contributed by atoms with E-state index in [-0.39, 0.29) is 0 Å². The average Bonchev–Trinajstić information content (AvgIpc) is 2.93. The summed E-state index contributed by atoms with van der Waals surface area (Å²) in [7, 11) is 0. The molecule has 1 heterocycles. The lowest BCUT2D eigenvalue weighted by atomic mass is 10.1. The van der Waals surface area contributed by atoms with Gasteiger partial charge in [-0.15, -0.1) is 0 Å². The highest BCUT2D eigenvalue weighted by molar-refractivity contribution is 6.17. The van der Waals surface area contributed by atoms with Crippen LogP contribution in [0.3, 0.4) is 0 Å². The van der Waals surface area contributed by atoms with E-state index in [1.807, 2.05) is 0 Å². The fourth-order valence-electron chi connectivity index (χ4n) is 2.60. The molecule has 0 radical (unpaired) electrons. The maximum absolute atomic E-state index is 11.4. The molecular formula is C18H25N3O3. The van der Waals surface area contributed by atoms with Gasteiger partial charge in [-0.3, -0.25) is 0 Å². The standard InChI is InChI=1S/C18H25N3O3/c1-2-3-4-5-6-7-8-9-14-24-16-12-10-15(11-13-16)21-17(22)19-20-18(21)23/h10-13H,2-9,14H2,1H3. The van der Waals surface area contributed by atoms with Gasteiger partial charge in [0.05, 0.1) is 12.3 Å². The van der Waals surface area contributed by atoms with Gasteiger partial charge in [0, 0.05) is 0 Å². The van der Waals surface area contributed by atoms with E-state index < -0.39 is 12.1 Å². The number of rotatable bonds is 11. The van der Waals surface area contributed by atoms with Crippen molar-refractivity contribution in [2.24, 2.45) is 10.2 Å². The number of hydrogen-bond donors (Lipinski definition) is 0. The maximum Gasteiger partial charge on any atom is 0.375 e. The van der Waals surface area contributed by atoms with E-state index in [0.29, 0.717) is 12.3 Å². The predicted octanol–water partition coefficient (Wildman–Crippen LogP) is 5.72. The number of amides is 4. The third-order valence-corrected chi connectivity index (χ3v) is 3.97. The van der Waals surface area contributed by atoms with Crippen molar-refractivity contribution in [3.8, 4) is 5.75 Å². The second-order valence-electron chi connectivity index (χ2n) is 5.92. The Hall–Kier alpha value is -2.24. The second-order valence-corrected chi connectivity index (χ2v) is 5.92. The largest absolute Gasteiger partial charge is 0.494 e. The number of anilines is 1. The summed E-state index contributed by atoms with van der Waals surface area (Å²) in [6.07, 6.45) is 10.1. The van der Waals surface area contributed by atoms with E-state index in [1.165, 1.54) is 44.9 Å². The lowest BCUT2D eigenvalue weighted by Gasteiger charge is -2.11. The third kappa shape index (κ3) is 5.44. The molecule has 0 spiro atoms. The number of hydrogen-bond acceptors (Lipinski definition) is 3. The molecule has 4 amide bonds. The number of unbranched alkanes of at least 4 members (excludes halogenated alkanes) is 7. The summed E-state index contributed by atoms with van der Waals surface area (Å²) in [4.78, 5) is 23.8. The molecule has 6 nitrogen and oxygen atoms in total. The Morgan fingerprint density at radius 3 is 1.96 bits per heavy atom. The molecule has 24 heavy (non-hydrogen) atoms. The Bertz CT molecular complexity index is 551. The topological polar surface area (TPSA) is 71.3 Å². The number of azo groups is 1. The van der Waals surface area contributed by atoms with Gasteiger partial charge in [0.15, 0.2) is 0 Å². The lowest BCUT2D eigenvalue weighted by Crippen LogP contribution is -2.27. The fourth-order valence-corrected chi connectivity index (χ4v) is 2.60. The molecule has 1 aliphatic heterocycles. The van der Waals surface area contributed by atoms with Gasteiger partial charge in [-0.05, 0) is 30.7 Å². The van der Waals surface area contributed by atoms with Crippen LogP contribution in [0.5, 0.6) is 5.75 Å². The minimum absolute atomic E-state index is 0.453. The highest BCUT2D eigenvalue weighted by Gasteiger charge is 2.28. The van der Waals surface area contributed by atoms with Gasteiger partial charge in [-0.2, -0.15) is 0 Å². The van der Waals surface area contributed by atoms with Crippen molar-refractivity contribution in [2.45, 2.75) is 58.3 Å². The summed E-state index contributed by atoms with van der Waals surface area (Å²) in [6.45, 7) is 2.91. The molecule has 1 aliphatic rings. The summed E-state index contributed by atoms with van der Waals surface area (Å²) in [6, 6.07) is 5.50. The van der Waals surface area contributed by atoms with Crippen LogP contribution >= 0.6 is 0 Å². The van der Waals surface area contributed by atoms with Crippen molar-refractivity contribution in [3.63, 3.8) is 0 Å². The van der Waals surface area contributed by atoms with Crippen LogP contribution in [0.4, 0.5) is 15.3 Å². The van der Waals surface area contributed by atoms with Crippen molar-refractivity contribution in [2.75, 3.05) is 11.5 Å². The summed E-state index contributed by atoms with van der Waals surface area (Å²) in [5, 5.41) is 6.46. The van der Waals surface area contributed by atoms with Crippen LogP contribution in [0.25, 0.3) is 0 Å². The van der Waals surface area contributed by atoms with Gasteiger partial charge < -0.3 is 4.74 Å². The molecule has 0 saturated heterocycles. The molecule has 0 unspecified atom stereocenters. The Morgan fingerprint density at radius 2 is 1.38 bits per heavy atom. The van der Waals surface area contributed by atoms with Crippen molar-refractivity contribution < 1.29 is 14.3 Å². The Labute approximate surface area is 142 Å². The van der Waals surface area contributed by atoms with E-state index in [2.05, 4.69) is 17.2 Å². The quantitative estimate of drug-likeness (QED) is 0.487. The highest BCUT2D eigenvalue weighted by atomic mass is 16.5. The van der Waals surface area contributed by atoms with Gasteiger partial charge in [0.25, 0.3) is 0 Å². The van der Waals surface area contributed by atoms with E-state index in [9.17, 15) is 9.59 Å². The molecule has 0 fully saturated rings. The number of carbonyl (C=O) groups is 2. The first-order chi connectivity index (χ1) is 11.7. The summed E-state index contributed by atoms with van der Waals surface area (Å²) < 4.78 is 5.69. The number of ether oxygens (including phenoxy) is 1. The predicted molar refractivity (Wildman–Crippen MR) is 92.7 cm³/mol. The first-order valence-corrected chi connectivity index (χ1v) is 8.75. The summed E-state index contributed by atoms with van der Waals surface area (Å²) in [5.41, 5.74) is 0.453. The lowest BCUT2D eigenvalue weighted by molar-refractivity contribution is 0.249. The monoisotopic (exact) mass is 331 g/mol. The summed E-state index contributed by atoms with van der Waals surface area (Å²) >= 11 is 0. The zero-order valence-electron chi connectivity index (χ0n) is 14.2. The van der Waals surface area contributed by atoms with Crippen LogP contribution in [-0.4, -0.2) is 18.7 Å². The molecule has 0 aliphatic carbocycles. The molecule has 130 valence electrons. The number of carbonyl (C=O) groups excluding carboxylic acids is 2. The SMILES string of the molecule is CCCCCCCCCCOc1ccc(N2C(=O)N=NC2=O)cc1. The number of nitrogens with zero attached hydrogens (tertiary/aromatic N) is 3. The second kappa shape index (κ2) is 9.80. The molecule has 0 aromatic heterocycles. The van der Waals surface area contributed by atoms with Crippen molar-refractivity contribution in [1.29, 1.82) is 0 Å². The fraction of sp³-hybridized carbons (Fsp3) is 0.556. The number of benzene rings is 1. The number of urea groups is 2. The van der Waals surface area contributed by atoms with Gasteiger partial charge >= 0.3 is 12.1 Å². The van der Waals surface area contributed by atoms with E-state index in [4.69, 9.17) is 4.74 Å². The third-order valence-electron chi connectivity index (χ3n) is 3.97. The van der Waals surface area contributed by atoms with Crippen molar-refractivity contribution >= 4 is 17.7 Å². The van der Waals surface area contributed by atoms with Crippen LogP contribution in [-0.2, 0) is 0 Å². The first kappa shape index (κ1) is 18.1. The zero-order chi connectivity index (χ0) is 17.2. The molecule has 2 rings (SSSR count). The molecule has 1 aromatic rings.